The first kappa shape index (κ1) is 36.3. The molecule has 0 saturated carbocycles. The lowest BCUT2D eigenvalue weighted by Gasteiger charge is -2.18. The Kier molecular flexibility index (Phi) is 11.8. The van der Waals surface area contributed by atoms with E-state index >= 15 is 0 Å². The normalized spacial score (nSPS) is 12.0. The lowest BCUT2D eigenvalue weighted by Crippen LogP contribution is -2.30. The van der Waals surface area contributed by atoms with E-state index in [4.69, 9.17) is 9.47 Å². The summed E-state index contributed by atoms with van der Waals surface area (Å²) in [5.41, 5.74) is 0.995. The van der Waals surface area contributed by atoms with Crippen LogP contribution in [0.3, 0.4) is 0 Å². The molecule has 0 saturated heterocycles. The molecule has 0 fully saturated rings. The van der Waals surface area contributed by atoms with Crippen molar-refractivity contribution in [3.63, 3.8) is 0 Å². The molecule has 12 heteroatoms. The first-order valence-corrected chi connectivity index (χ1v) is 16.3. The number of carbonyl (C=O) groups is 3. The Balaban J connectivity index is 1.36. The van der Waals surface area contributed by atoms with Crippen LogP contribution in [0.4, 0.5) is 24.5 Å². The maximum Gasteiger partial charge on any atom is 0.416 e. The molecule has 3 N–H and O–H groups in total. The minimum atomic E-state index is -4.56. The van der Waals surface area contributed by atoms with E-state index in [9.17, 15) is 27.6 Å². The Morgan fingerprint density at radius 3 is 2.06 bits per heavy atom. The van der Waals surface area contributed by atoms with Gasteiger partial charge in [0.25, 0.3) is 11.8 Å². The van der Waals surface area contributed by atoms with Gasteiger partial charge in [0.15, 0.2) is 0 Å². The Labute approximate surface area is 296 Å². The molecule has 5 aromatic rings. The molecule has 0 heterocycles. The number of ether oxygens (including phenoxy) is 2. The number of amides is 3. The number of nitrogens with one attached hydrogen (secondary N) is 3. The second-order valence-corrected chi connectivity index (χ2v) is 12.1. The van der Waals surface area contributed by atoms with Crippen LogP contribution in [-0.4, -0.2) is 31.9 Å². The molecular formula is C39H32F3N3O5S. The molecule has 0 aliphatic rings. The number of hydrogen-bond acceptors (Lipinski definition) is 6. The van der Waals surface area contributed by atoms with Crippen LogP contribution >= 0.6 is 11.8 Å². The Morgan fingerprint density at radius 1 is 0.725 bits per heavy atom. The van der Waals surface area contributed by atoms with E-state index in [1.165, 1.54) is 44.2 Å². The van der Waals surface area contributed by atoms with Crippen LogP contribution in [-0.2, 0) is 15.8 Å². The van der Waals surface area contributed by atoms with Gasteiger partial charge in [-0.1, -0.05) is 54.6 Å². The van der Waals surface area contributed by atoms with Crippen LogP contribution in [0, 0.1) is 0 Å². The molecule has 260 valence electrons. The van der Waals surface area contributed by atoms with Crippen LogP contribution in [0.1, 0.15) is 32.3 Å². The number of methoxy groups -OCH3 is 2. The van der Waals surface area contributed by atoms with Gasteiger partial charge in [-0.2, -0.15) is 13.2 Å². The average molecular weight is 712 g/mol. The van der Waals surface area contributed by atoms with Crippen molar-refractivity contribution in [2.45, 2.75) is 16.3 Å². The molecule has 3 amide bonds. The maximum atomic E-state index is 13.6. The fraction of sp³-hybridized carbons (Fsp3) is 0.103. The zero-order valence-corrected chi connectivity index (χ0v) is 28.2. The second-order valence-electron chi connectivity index (χ2n) is 10.9. The standard InChI is InChI=1S/C39H32F3N3O5S/c1-49-31-19-16-27(34(24-31)50-2)22-33(45-36(46)26-12-7-4-8-13-26)37(47)43-29-17-20-32(21-18-29)51-35(25-10-5-3-6-11-25)38(48)44-30-15-9-14-28(23-30)39(40,41)42/h3-24,35H,1-2H3,(H,43,47)(H,44,48)(H,45,46)/b33-22-. The fourth-order valence-corrected chi connectivity index (χ4v) is 5.89. The summed E-state index contributed by atoms with van der Waals surface area (Å²) in [6.45, 7) is 0. The molecule has 51 heavy (non-hydrogen) atoms. The van der Waals surface area contributed by atoms with Crippen molar-refractivity contribution in [1.82, 2.24) is 5.32 Å². The van der Waals surface area contributed by atoms with Crippen molar-refractivity contribution in [1.29, 1.82) is 0 Å². The van der Waals surface area contributed by atoms with Gasteiger partial charge in [-0.05, 0) is 78.4 Å². The molecule has 5 aromatic carbocycles. The molecule has 0 aliphatic heterocycles. The second kappa shape index (κ2) is 16.6. The number of rotatable bonds is 12. The quantitative estimate of drug-likeness (QED) is 0.0885. The highest BCUT2D eigenvalue weighted by atomic mass is 32.2. The minimum absolute atomic E-state index is 0.0184. The molecule has 0 bridgehead atoms. The van der Waals surface area contributed by atoms with Crippen molar-refractivity contribution >= 4 is 46.9 Å². The average Bonchev–Trinajstić information content (AvgIpc) is 3.14. The van der Waals surface area contributed by atoms with Gasteiger partial charge in [0.1, 0.15) is 22.4 Å². The molecule has 0 spiro atoms. The molecule has 0 radical (unpaired) electrons. The number of anilines is 2. The van der Waals surface area contributed by atoms with Crippen molar-refractivity contribution in [3.8, 4) is 11.5 Å². The third kappa shape index (κ3) is 9.79. The van der Waals surface area contributed by atoms with Crippen LogP contribution in [0.25, 0.3) is 6.08 Å². The highest BCUT2D eigenvalue weighted by molar-refractivity contribution is 8.00. The van der Waals surface area contributed by atoms with Crippen molar-refractivity contribution in [3.05, 3.63) is 155 Å². The largest absolute Gasteiger partial charge is 0.497 e. The van der Waals surface area contributed by atoms with E-state index in [1.54, 1.807) is 103 Å². The fourth-order valence-electron chi connectivity index (χ4n) is 4.87. The van der Waals surface area contributed by atoms with Gasteiger partial charge in [-0.15, -0.1) is 11.8 Å². The molecule has 1 atom stereocenters. The summed E-state index contributed by atoms with van der Waals surface area (Å²) in [7, 11) is 3.00. The monoisotopic (exact) mass is 711 g/mol. The molecule has 1 unspecified atom stereocenters. The third-order valence-electron chi connectivity index (χ3n) is 7.43. The number of halogens is 3. The number of thioether (sulfide) groups is 1. The zero-order valence-electron chi connectivity index (χ0n) is 27.4. The summed E-state index contributed by atoms with van der Waals surface area (Å²) in [4.78, 5) is 40.8. The Morgan fingerprint density at radius 2 is 1.41 bits per heavy atom. The Bertz CT molecular complexity index is 2020. The van der Waals surface area contributed by atoms with Crippen molar-refractivity contribution < 1.29 is 37.0 Å². The summed E-state index contributed by atoms with van der Waals surface area (Å²) in [6.07, 6.45) is -3.07. The summed E-state index contributed by atoms with van der Waals surface area (Å²) in [5.74, 6) is -0.656. The lowest BCUT2D eigenvalue weighted by molar-refractivity contribution is -0.137. The Hall–Kier alpha value is -6.01. The summed E-state index contributed by atoms with van der Waals surface area (Å²) in [5, 5.41) is 7.29. The van der Waals surface area contributed by atoms with Crippen LogP contribution in [0.2, 0.25) is 0 Å². The van der Waals surface area contributed by atoms with Crippen LogP contribution in [0.5, 0.6) is 11.5 Å². The van der Waals surface area contributed by atoms with Gasteiger partial charge in [-0.25, -0.2) is 0 Å². The summed E-state index contributed by atoms with van der Waals surface area (Å²) >= 11 is 1.19. The third-order valence-corrected chi connectivity index (χ3v) is 8.70. The molecular weight excluding hydrogens is 680 g/mol. The SMILES string of the molecule is COc1ccc(/C=C(\NC(=O)c2ccccc2)C(=O)Nc2ccc(SC(C(=O)Nc3cccc(C(F)(F)F)c3)c3ccccc3)cc2)c(OC)c1. The molecule has 5 rings (SSSR count). The smallest absolute Gasteiger partial charge is 0.416 e. The first-order valence-electron chi connectivity index (χ1n) is 15.5. The number of hydrogen-bond donors (Lipinski definition) is 3. The molecule has 8 nitrogen and oxygen atoms in total. The van der Waals surface area contributed by atoms with E-state index in [2.05, 4.69) is 16.0 Å². The van der Waals surface area contributed by atoms with Gasteiger partial charge in [0.2, 0.25) is 5.91 Å². The zero-order chi connectivity index (χ0) is 36.4. The number of benzene rings is 5. The highest BCUT2D eigenvalue weighted by Crippen LogP contribution is 2.37. The van der Waals surface area contributed by atoms with Crippen LogP contribution in [0.15, 0.2) is 138 Å². The van der Waals surface area contributed by atoms with E-state index in [-0.39, 0.29) is 11.4 Å². The van der Waals surface area contributed by atoms with E-state index in [1.807, 2.05) is 0 Å². The van der Waals surface area contributed by atoms with Crippen LogP contribution < -0.4 is 25.4 Å². The highest BCUT2D eigenvalue weighted by Gasteiger charge is 2.31. The summed E-state index contributed by atoms with van der Waals surface area (Å²) < 4.78 is 50.6. The topological polar surface area (TPSA) is 106 Å². The first-order chi connectivity index (χ1) is 24.5. The predicted octanol–water partition coefficient (Wildman–Crippen LogP) is 8.60. The van der Waals surface area contributed by atoms with Crippen molar-refractivity contribution in [2.75, 3.05) is 24.9 Å². The van der Waals surface area contributed by atoms with Gasteiger partial charge < -0.3 is 25.4 Å². The van der Waals surface area contributed by atoms with E-state index in [0.717, 1.165) is 12.1 Å². The van der Waals surface area contributed by atoms with Gasteiger partial charge in [0.05, 0.1) is 19.8 Å². The van der Waals surface area contributed by atoms with E-state index < -0.39 is 34.7 Å². The number of carbonyl (C=O) groups excluding carboxylic acids is 3. The molecule has 0 aliphatic carbocycles. The molecule has 0 aromatic heterocycles. The van der Waals surface area contributed by atoms with Gasteiger partial charge >= 0.3 is 6.18 Å². The van der Waals surface area contributed by atoms with Gasteiger partial charge in [0, 0.05) is 33.5 Å². The summed E-state index contributed by atoms with van der Waals surface area (Å²) in [6, 6.07) is 33.4. The predicted molar refractivity (Wildman–Crippen MR) is 192 cm³/mol. The number of alkyl halides is 3. The lowest BCUT2D eigenvalue weighted by atomic mass is 10.1. The van der Waals surface area contributed by atoms with E-state index in [0.29, 0.717) is 38.8 Å². The van der Waals surface area contributed by atoms with Crippen molar-refractivity contribution in [2.24, 2.45) is 0 Å². The van der Waals surface area contributed by atoms with Gasteiger partial charge in [-0.3, -0.25) is 14.4 Å². The maximum absolute atomic E-state index is 13.6. The minimum Gasteiger partial charge on any atom is -0.497 e.